The van der Waals surface area contributed by atoms with Crippen molar-refractivity contribution < 1.29 is 23.2 Å². The van der Waals surface area contributed by atoms with Crippen LogP contribution in [0.5, 0.6) is 0 Å². The van der Waals surface area contributed by atoms with Crippen LogP contribution in [0.15, 0.2) is 11.8 Å². The largest absolute Gasteiger partial charge is 0.524 e. The molecule has 0 aromatic heterocycles. The van der Waals surface area contributed by atoms with Crippen molar-refractivity contribution in [2.75, 3.05) is 18.1 Å². The number of thioether (sulfide) groups is 1. The molecule has 142 valence electrons. The molecule has 5 nitrogen and oxygen atoms in total. The SMILES string of the molecule is CC(C)(C)OC(=O)N1CCSCC1C=C(F)B1OC(C)(C)C(C)(C)O1. The molecule has 25 heavy (non-hydrogen) atoms. The van der Waals surface area contributed by atoms with E-state index in [9.17, 15) is 9.18 Å². The predicted molar refractivity (Wildman–Crippen MR) is 99.3 cm³/mol. The van der Waals surface area contributed by atoms with Gasteiger partial charge in [0.1, 0.15) is 11.3 Å². The molecular formula is C17H29BFNO4S. The van der Waals surface area contributed by atoms with E-state index in [0.29, 0.717) is 12.3 Å². The minimum atomic E-state index is -1.04. The zero-order valence-electron chi connectivity index (χ0n) is 16.2. The fourth-order valence-electron chi connectivity index (χ4n) is 2.53. The highest BCUT2D eigenvalue weighted by Crippen LogP contribution is 2.39. The Morgan fingerprint density at radius 1 is 1.28 bits per heavy atom. The van der Waals surface area contributed by atoms with E-state index < -0.39 is 35.7 Å². The second-order valence-electron chi connectivity index (χ2n) is 8.46. The molecule has 0 bridgehead atoms. The molecule has 1 unspecified atom stereocenters. The fraction of sp³-hybridized carbons (Fsp3) is 0.824. The molecule has 0 aliphatic carbocycles. The molecule has 0 spiro atoms. The van der Waals surface area contributed by atoms with Crippen LogP contribution < -0.4 is 0 Å². The van der Waals surface area contributed by atoms with Crippen LogP contribution in [0.1, 0.15) is 48.5 Å². The summed E-state index contributed by atoms with van der Waals surface area (Å²) in [5, 5.41) is 0. The predicted octanol–water partition coefficient (Wildman–Crippen LogP) is 3.82. The summed E-state index contributed by atoms with van der Waals surface area (Å²) >= 11 is 1.68. The monoisotopic (exact) mass is 373 g/mol. The summed E-state index contributed by atoms with van der Waals surface area (Å²) in [6, 6.07) is -0.382. The Hall–Kier alpha value is -0.725. The van der Waals surface area contributed by atoms with Gasteiger partial charge >= 0.3 is 13.2 Å². The Bertz CT molecular complexity index is 531. The lowest BCUT2D eigenvalue weighted by Crippen LogP contribution is -2.47. The zero-order valence-corrected chi connectivity index (χ0v) is 17.0. The van der Waals surface area contributed by atoms with E-state index in [1.165, 1.54) is 6.08 Å². The van der Waals surface area contributed by atoms with Gasteiger partial charge in [0.05, 0.1) is 17.2 Å². The zero-order chi connectivity index (χ0) is 19.0. The van der Waals surface area contributed by atoms with Gasteiger partial charge in [-0.3, -0.25) is 0 Å². The van der Waals surface area contributed by atoms with Gasteiger partial charge in [0.15, 0.2) is 0 Å². The molecule has 0 saturated carbocycles. The highest BCUT2D eigenvalue weighted by atomic mass is 32.2. The summed E-state index contributed by atoms with van der Waals surface area (Å²) in [4.78, 5) is 14.0. The van der Waals surface area contributed by atoms with E-state index >= 15 is 0 Å². The highest BCUT2D eigenvalue weighted by molar-refractivity contribution is 7.99. The first-order valence-electron chi connectivity index (χ1n) is 8.63. The van der Waals surface area contributed by atoms with E-state index in [1.807, 2.05) is 48.5 Å². The minimum absolute atomic E-state index is 0.382. The molecule has 1 amide bonds. The first-order chi connectivity index (χ1) is 11.3. The molecule has 2 saturated heterocycles. The van der Waals surface area contributed by atoms with Crippen LogP contribution in [0.25, 0.3) is 0 Å². The molecule has 0 aromatic rings. The highest BCUT2D eigenvalue weighted by Gasteiger charge is 2.53. The summed E-state index contributed by atoms with van der Waals surface area (Å²) < 4.78 is 31.7. The van der Waals surface area contributed by atoms with Crippen molar-refractivity contribution in [2.24, 2.45) is 0 Å². The van der Waals surface area contributed by atoms with Gasteiger partial charge < -0.3 is 18.9 Å². The average Bonchev–Trinajstić information content (AvgIpc) is 2.66. The van der Waals surface area contributed by atoms with Gasteiger partial charge in [-0.2, -0.15) is 11.8 Å². The standard InChI is InChI=1S/C17H29BFNO4S/c1-15(2,3)22-14(21)20-8-9-25-11-12(20)10-13(19)18-23-16(4,5)17(6,7)24-18/h10,12H,8-9,11H2,1-7H3. The second kappa shape index (κ2) is 7.12. The third kappa shape index (κ3) is 4.92. The van der Waals surface area contributed by atoms with Crippen LogP contribution in [0, 0.1) is 0 Å². The van der Waals surface area contributed by atoms with Gasteiger partial charge in [0.25, 0.3) is 0 Å². The Kier molecular flexibility index (Phi) is 5.86. The molecule has 2 heterocycles. The molecule has 0 N–H and O–H groups in total. The van der Waals surface area contributed by atoms with Crippen molar-refractivity contribution in [1.29, 1.82) is 0 Å². The van der Waals surface area contributed by atoms with Crippen LogP contribution in [-0.2, 0) is 14.0 Å². The van der Waals surface area contributed by atoms with Crippen LogP contribution in [-0.4, -0.2) is 59.0 Å². The van der Waals surface area contributed by atoms with Crippen molar-refractivity contribution in [3.05, 3.63) is 11.8 Å². The lowest BCUT2D eigenvalue weighted by molar-refractivity contribution is 0.00578. The number of hydrogen-bond acceptors (Lipinski definition) is 5. The van der Waals surface area contributed by atoms with E-state index in [4.69, 9.17) is 14.0 Å². The van der Waals surface area contributed by atoms with Crippen LogP contribution >= 0.6 is 11.8 Å². The lowest BCUT2D eigenvalue weighted by Gasteiger charge is -2.35. The molecule has 0 radical (unpaired) electrons. The number of amides is 1. The third-order valence-electron chi connectivity index (χ3n) is 4.62. The topological polar surface area (TPSA) is 48.0 Å². The van der Waals surface area contributed by atoms with Crippen LogP contribution in [0.3, 0.4) is 0 Å². The van der Waals surface area contributed by atoms with Crippen molar-refractivity contribution >= 4 is 25.0 Å². The summed E-state index contributed by atoms with van der Waals surface area (Å²) in [5.74, 6) is 1.42. The number of halogens is 1. The number of nitrogens with zero attached hydrogens (tertiary/aromatic N) is 1. The summed E-state index contributed by atoms with van der Waals surface area (Å²) in [5.41, 5.74) is -2.29. The van der Waals surface area contributed by atoms with Gasteiger partial charge in [0.2, 0.25) is 0 Å². The molecule has 2 rings (SSSR count). The maximum atomic E-state index is 14.8. The van der Waals surface area contributed by atoms with Gasteiger partial charge in [-0.25, -0.2) is 9.18 Å². The molecule has 0 aromatic carbocycles. The smallest absolute Gasteiger partial charge is 0.444 e. The molecular weight excluding hydrogens is 344 g/mol. The third-order valence-corrected chi connectivity index (χ3v) is 5.67. The quantitative estimate of drug-likeness (QED) is 0.689. The van der Waals surface area contributed by atoms with Crippen molar-refractivity contribution in [1.82, 2.24) is 4.90 Å². The maximum Gasteiger partial charge on any atom is 0.524 e. The summed E-state index contributed by atoms with van der Waals surface area (Å²) in [6.45, 7) is 13.5. The van der Waals surface area contributed by atoms with Crippen molar-refractivity contribution in [3.63, 3.8) is 0 Å². The second-order valence-corrected chi connectivity index (χ2v) is 9.61. The summed E-state index contributed by atoms with van der Waals surface area (Å²) in [7, 11) is -1.04. The first-order valence-corrected chi connectivity index (χ1v) is 9.78. The molecule has 2 fully saturated rings. The molecule has 2 aliphatic heterocycles. The van der Waals surface area contributed by atoms with Gasteiger partial charge in [-0.05, 0) is 54.5 Å². The number of carbonyl (C=O) groups is 1. The molecule has 1 atom stereocenters. The van der Waals surface area contributed by atoms with Crippen molar-refractivity contribution in [3.8, 4) is 0 Å². The van der Waals surface area contributed by atoms with Gasteiger partial charge in [0, 0.05) is 18.1 Å². The summed E-state index contributed by atoms with van der Waals surface area (Å²) in [6.07, 6.45) is 1.01. The number of ether oxygens (including phenoxy) is 1. The Morgan fingerprint density at radius 3 is 2.36 bits per heavy atom. The lowest BCUT2D eigenvalue weighted by atomic mass is 9.87. The van der Waals surface area contributed by atoms with E-state index in [0.717, 1.165) is 5.75 Å². The Labute approximate surface area is 154 Å². The number of carbonyl (C=O) groups excluding carboxylic acids is 1. The van der Waals surface area contributed by atoms with Crippen molar-refractivity contribution in [2.45, 2.75) is 71.3 Å². The molecule has 8 heteroatoms. The van der Waals surface area contributed by atoms with Gasteiger partial charge in [-0.1, -0.05) is 0 Å². The van der Waals surface area contributed by atoms with E-state index in [2.05, 4.69) is 0 Å². The maximum absolute atomic E-state index is 14.8. The van der Waals surface area contributed by atoms with Crippen LogP contribution in [0.4, 0.5) is 9.18 Å². The number of rotatable bonds is 2. The van der Waals surface area contributed by atoms with E-state index in [-0.39, 0.29) is 6.04 Å². The molecule has 2 aliphatic rings. The normalized spacial score (nSPS) is 26.7. The average molecular weight is 373 g/mol. The first kappa shape index (κ1) is 20.6. The van der Waals surface area contributed by atoms with Gasteiger partial charge in [-0.15, -0.1) is 0 Å². The van der Waals surface area contributed by atoms with Crippen LogP contribution in [0.2, 0.25) is 0 Å². The Morgan fingerprint density at radius 2 is 1.84 bits per heavy atom. The number of hydrogen-bond donors (Lipinski definition) is 0. The Balaban J connectivity index is 2.12. The van der Waals surface area contributed by atoms with E-state index in [1.54, 1.807) is 16.7 Å². The fourth-order valence-corrected chi connectivity index (χ4v) is 3.54. The minimum Gasteiger partial charge on any atom is -0.444 e.